The van der Waals surface area contributed by atoms with Crippen LogP contribution in [-0.4, -0.2) is 29.2 Å². The summed E-state index contributed by atoms with van der Waals surface area (Å²) in [5.41, 5.74) is 1.14. The molecule has 0 saturated carbocycles. The summed E-state index contributed by atoms with van der Waals surface area (Å²) in [6.07, 6.45) is 11.4. The molecule has 1 saturated heterocycles. The van der Waals surface area contributed by atoms with Crippen molar-refractivity contribution >= 4 is 17.7 Å². The summed E-state index contributed by atoms with van der Waals surface area (Å²) in [6, 6.07) is 10.1. The van der Waals surface area contributed by atoms with Crippen LogP contribution in [0, 0.1) is 0 Å². The van der Waals surface area contributed by atoms with Crippen LogP contribution in [-0.2, 0) is 14.4 Å². The maximum atomic E-state index is 12.0. The summed E-state index contributed by atoms with van der Waals surface area (Å²) in [5.74, 6) is 0.132. The van der Waals surface area contributed by atoms with Gasteiger partial charge in [-0.15, -0.1) is 0 Å². The van der Waals surface area contributed by atoms with Crippen molar-refractivity contribution in [1.29, 1.82) is 0 Å². The molecule has 1 fully saturated rings. The molecule has 5 nitrogen and oxygen atoms in total. The predicted molar refractivity (Wildman–Crippen MR) is 115 cm³/mol. The second-order valence-corrected chi connectivity index (χ2v) is 8.07. The molecule has 29 heavy (non-hydrogen) atoms. The van der Waals surface area contributed by atoms with Crippen molar-refractivity contribution in [1.82, 2.24) is 10.2 Å². The fourth-order valence-corrected chi connectivity index (χ4v) is 3.80. The molecule has 0 aliphatic carbocycles. The Morgan fingerprint density at radius 3 is 1.97 bits per heavy atom. The van der Waals surface area contributed by atoms with E-state index in [0.717, 1.165) is 37.7 Å². The zero-order valence-electron chi connectivity index (χ0n) is 17.8. The van der Waals surface area contributed by atoms with Gasteiger partial charge >= 0.3 is 0 Å². The van der Waals surface area contributed by atoms with Gasteiger partial charge in [-0.1, -0.05) is 75.3 Å². The lowest BCUT2D eigenvalue weighted by molar-refractivity contribution is -0.138. The monoisotopic (exact) mass is 400 g/mol. The summed E-state index contributed by atoms with van der Waals surface area (Å²) in [7, 11) is 0. The number of nitrogens with one attached hydrogen (secondary N) is 1. The lowest BCUT2D eigenvalue weighted by atomic mass is 10.1. The molecule has 1 N–H and O–H groups in total. The first-order chi connectivity index (χ1) is 14.1. The van der Waals surface area contributed by atoms with Crippen LogP contribution in [0.25, 0.3) is 0 Å². The van der Waals surface area contributed by atoms with E-state index in [4.69, 9.17) is 0 Å². The van der Waals surface area contributed by atoms with E-state index in [1.54, 1.807) is 0 Å². The molecular weight excluding hydrogens is 364 g/mol. The zero-order valence-corrected chi connectivity index (χ0v) is 17.8. The second-order valence-electron chi connectivity index (χ2n) is 8.07. The Balaban J connectivity index is 1.38. The molecule has 1 atom stereocenters. The molecule has 3 amide bonds. The highest BCUT2D eigenvalue weighted by Gasteiger charge is 2.27. The summed E-state index contributed by atoms with van der Waals surface area (Å²) >= 11 is 0. The number of carbonyl (C=O) groups excluding carboxylic acids is 3. The van der Waals surface area contributed by atoms with Crippen molar-refractivity contribution in [3.8, 4) is 0 Å². The highest BCUT2D eigenvalue weighted by Crippen LogP contribution is 2.15. The van der Waals surface area contributed by atoms with E-state index in [-0.39, 0.29) is 23.8 Å². The van der Waals surface area contributed by atoms with Crippen molar-refractivity contribution in [2.45, 2.75) is 90.0 Å². The molecule has 0 spiro atoms. The van der Waals surface area contributed by atoms with Gasteiger partial charge in [-0.05, 0) is 25.3 Å². The molecule has 0 aromatic heterocycles. The average molecular weight is 401 g/mol. The fraction of sp³-hybridized carbons (Fsp3) is 0.625. The quantitative estimate of drug-likeness (QED) is 0.356. The van der Waals surface area contributed by atoms with E-state index in [1.165, 1.54) is 30.6 Å². The van der Waals surface area contributed by atoms with Gasteiger partial charge in [0.05, 0.1) is 6.04 Å². The number of hydrogen-bond acceptors (Lipinski definition) is 3. The maximum absolute atomic E-state index is 12.0. The smallest absolute Gasteiger partial charge is 0.229 e. The molecular formula is C24H36N2O3. The van der Waals surface area contributed by atoms with E-state index in [0.29, 0.717) is 25.8 Å². The predicted octanol–water partition coefficient (Wildman–Crippen LogP) is 4.91. The molecule has 1 aliphatic heterocycles. The zero-order chi connectivity index (χ0) is 20.9. The molecule has 0 bridgehead atoms. The highest BCUT2D eigenvalue weighted by atomic mass is 16.2. The largest absolute Gasteiger partial charge is 0.350 e. The summed E-state index contributed by atoms with van der Waals surface area (Å²) < 4.78 is 0. The molecule has 1 aromatic carbocycles. The molecule has 1 aromatic rings. The normalized spacial score (nSPS) is 15.0. The minimum Gasteiger partial charge on any atom is -0.350 e. The van der Waals surface area contributed by atoms with E-state index in [9.17, 15) is 14.4 Å². The Hall–Kier alpha value is -2.17. The topological polar surface area (TPSA) is 66.5 Å². The molecule has 2 rings (SSSR count). The van der Waals surface area contributed by atoms with Crippen molar-refractivity contribution in [2.75, 3.05) is 6.54 Å². The van der Waals surface area contributed by atoms with Crippen molar-refractivity contribution < 1.29 is 14.4 Å². The van der Waals surface area contributed by atoms with Gasteiger partial charge in [0.2, 0.25) is 17.7 Å². The third kappa shape index (κ3) is 8.80. The third-order valence-electron chi connectivity index (χ3n) is 5.62. The van der Waals surface area contributed by atoms with Gasteiger partial charge in [0, 0.05) is 25.8 Å². The molecule has 1 aliphatic rings. The van der Waals surface area contributed by atoms with Gasteiger partial charge < -0.3 is 5.32 Å². The van der Waals surface area contributed by atoms with Gasteiger partial charge in [-0.2, -0.15) is 0 Å². The number of rotatable bonds is 14. The Morgan fingerprint density at radius 1 is 0.862 bits per heavy atom. The third-order valence-corrected chi connectivity index (χ3v) is 5.62. The van der Waals surface area contributed by atoms with Crippen LogP contribution in [0.15, 0.2) is 30.3 Å². The van der Waals surface area contributed by atoms with Crippen LogP contribution in [0.1, 0.15) is 95.6 Å². The van der Waals surface area contributed by atoms with Crippen LogP contribution in [0.5, 0.6) is 0 Å². The van der Waals surface area contributed by atoms with Gasteiger partial charge in [0.1, 0.15) is 0 Å². The lowest BCUT2D eigenvalue weighted by Crippen LogP contribution is -2.29. The second kappa shape index (κ2) is 13.1. The van der Waals surface area contributed by atoms with Gasteiger partial charge in [-0.3, -0.25) is 19.3 Å². The molecule has 0 unspecified atom stereocenters. The van der Waals surface area contributed by atoms with Crippen molar-refractivity contribution in [2.24, 2.45) is 0 Å². The van der Waals surface area contributed by atoms with E-state index in [1.807, 2.05) is 37.3 Å². The SMILES string of the molecule is C[C@@H](NC(=O)CCCCCCCCCCCN1C(=O)CCC1=O)c1ccccc1. The number of likely N-dealkylation sites (tertiary alicyclic amines) is 1. The molecule has 5 heteroatoms. The van der Waals surface area contributed by atoms with Crippen LogP contribution in [0.3, 0.4) is 0 Å². The first-order valence-corrected chi connectivity index (χ1v) is 11.3. The molecule has 1 heterocycles. The number of nitrogens with zero attached hydrogens (tertiary/aromatic N) is 1. The Kier molecular flexibility index (Phi) is 10.5. The molecule has 160 valence electrons. The average Bonchev–Trinajstić information content (AvgIpc) is 3.04. The number of hydrogen-bond donors (Lipinski definition) is 1. The summed E-state index contributed by atoms with van der Waals surface area (Å²) in [5, 5.41) is 3.07. The maximum Gasteiger partial charge on any atom is 0.229 e. The van der Waals surface area contributed by atoms with Crippen LogP contribution >= 0.6 is 0 Å². The minimum atomic E-state index is -0.00166. The number of carbonyl (C=O) groups is 3. The van der Waals surface area contributed by atoms with Crippen molar-refractivity contribution in [3.05, 3.63) is 35.9 Å². The summed E-state index contributed by atoms with van der Waals surface area (Å²) in [4.78, 5) is 36.5. The van der Waals surface area contributed by atoms with Gasteiger partial charge in [-0.25, -0.2) is 0 Å². The van der Waals surface area contributed by atoms with E-state index in [2.05, 4.69) is 5.32 Å². The Morgan fingerprint density at radius 2 is 1.38 bits per heavy atom. The first-order valence-electron chi connectivity index (χ1n) is 11.3. The standard InChI is InChI=1S/C24H36N2O3/c1-20(21-14-10-9-11-15-21)25-22(27)16-12-7-5-3-2-4-6-8-13-19-26-23(28)17-18-24(26)29/h9-11,14-15,20H,2-8,12-13,16-19H2,1H3,(H,25,27)/t20-/m1/s1. The highest BCUT2D eigenvalue weighted by molar-refractivity contribution is 6.01. The Labute approximate surface area is 175 Å². The van der Waals surface area contributed by atoms with E-state index < -0.39 is 0 Å². The van der Waals surface area contributed by atoms with Crippen LogP contribution < -0.4 is 5.32 Å². The van der Waals surface area contributed by atoms with Gasteiger partial charge in [0.15, 0.2) is 0 Å². The summed E-state index contributed by atoms with van der Waals surface area (Å²) in [6.45, 7) is 2.62. The van der Waals surface area contributed by atoms with E-state index >= 15 is 0 Å². The van der Waals surface area contributed by atoms with Crippen molar-refractivity contribution in [3.63, 3.8) is 0 Å². The van der Waals surface area contributed by atoms with Gasteiger partial charge in [0.25, 0.3) is 0 Å². The lowest BCUT2D eigenvalue weighted by Gasteiger charge is -2.14. The first kappa shape index (κ1) is 23.1. The number of unbranched alkanes of at least 4 members (excludes halogenated alkanes) is 8. The Bertz CT molecular complexity index is 629. The van der Waals surface area contributed by atoms with Crippen LogP contribution in [0.2, 0.25) is 0 Å². The van der Waals surface area contributed by atoms with Crippen LogP contribution in [0.4, 0.5) is 0 Å². The number of benzene rings is 1. The number of imide groups is 1. The number of amides is 3. The molecule has 0 radical (unpaired) electrons. The fourth-order valence-electron chi connectivity index (χ4n) is 3.80. The minimum absolute atomic E-state index is 0.00166.